The average molecular weight is 353 g/mol. The van der Waals surface area contributed by atoms with Gasteiger partial charge in [0.05, 0.1) is 17.2 Å². The van der Waals surface area contributed by atoms with E-state index in [1.165, 1.54) is 16.2 Å². The molecule has 0 radical (unpaired) electrons. The van der Waals surface area contributed by atoms with Crippen LogP contribution in [0.3, 0.4) is 0 Å². The highest BCUT2D eigenvalue weighted by Gasteiger charge is 2.28. The van der Waals surface area contributed by atoms with Crippen LogP contribution in [0, 0.1) is 17.2 Å². The number of nitrogens with one attached hydrogen (secondary N) is 2. The van der Waals surface area contributed by atoms with Gasteiger partial charge in [-0.2, -0.15) is 5.26 Å². The second-order valence-electron chi connectivity index (χ2n) is 6.28. The number of rotatable bonds is 3. The summed E-state index contributed by atoms with van der Waals surface area (Å²) in [6.45, 7) is 2.21. The summed E-state index contributed by atoms with van der Waals surface area (Å²) in [5.74, 6) is 0.147. The van der Waals surface area contributed by atoms with Gasteiger partial charge in [0.1, 0.15) is 5.00 Å². The van der Waals surface area contributed by atoms with Crippen molar-refractivity contribution < 1.29 is 9.59 Å². The molecule has 1 heterocycles. The van der Waals surface area contributed by atoms with Crippen molar-refractivity contribution in [1.29, 1.82) is 5.26 Å². The average Bonchev–Trinajstić information content (AvgIpc) is 2.97. The van der Waals surface area contributed by atoms with Crippen LogP contribution >= 0.6 is 11.3 Å². The molecule has 0 bridgehead atoms. The molecule has 25 heavy (non-hydrogen) atoms. The van der Waals surface area contributed by atoms with E-state index in [1.54, 1.807) is 31.3 Å². The van der Waals surface area contributed by atoms with Gasteiger partial charge in [-0.15, -0.1) is 11.3 Å². The van der Waals surface area contributed by atoms with Crippen molar-refractivity contribution in [3.63, 3.8) is 0 Å². The van der Waals surface area contributed by atoms with Crippen molar-refractivity contribution in [3.8, 4) is 6.07 Å². The fourth-order valence-electron chi connectivity index (χ4n) is 3.08. The number of nitrogens with zero attached hydrogens (tertiary/aromatic N) is 1. The fourth-order valence-corrected chi connectivity index (χ4v) is 4.48. The molecule has 1 aromatic carbocycles. The number of amides is 2. The number of nitriles is 1. The lowest BCUT2D eigenvalue weighted by atomic mass is 9.88. The van der Waals surface area contributed by atoms with Crippen LogP contribution in [0.5, 0.6) is 0 Å². The molecular formula is C19H19N3O2S. The van der Waals surface area contributed by atoms with Crippen LogP contribution in [0.2, 0.25) is 0 Å². The first-order chi connectivity index (χ1) is 12.0. The minimum absolute atomic E-state index is 0.165. The van der Waals surface area contributed by atoms with Gasteiger partial charge in [-0.1, -0.05) is 6.92 Å². The van der Waals surface area contributed by atoms with E-state index in [1.807, 2.05) is 6.07 Å². The van der Waals surface area contributed by atoms with Crippen LogP contribution in [0.4, 0.5) is 5.00 Å². The Bertz CT molecular complexity index is 862. The molecule has 3 rings (SSSR count). The maximum absolute atomic E-state index is 12.5. The van der Waals surface area contributed by atoms with Crippen molar-refractivity contribution in [2.75, 3.05) is 12.4 Å². The van der Waals surface area contributed by atoms with Gasteiger partial charge in [0.25, 0.3) is 11.8 Å². The van der Waals surface area contributed by atoms with Gasteiger partial charge in [-0.25, -0.2) is 0 Å². The van der Waals surface area contributed by atoms with E-state index in [0.29, 0.717) is 27.6 Å². The summed E-state index contributed by atoms with van der Waals surface area (Å²) < 4.78 is 0. The zero-order valence-corrected chi connectivity index (χ0v) is 15.0. The van der Waals surface area contributed by atoms with Crippen LogP contribution in [-0.2, 0) is 12.8 Å². The van der Waals surface area contributed by atoms with Crippen LogP contribution in [0.1, 0.15) is 50.1 Å². The lowest BCUT2D eigenvalue weighted by Gasteiger charge is -2.18. The normalized spacial score (nSPS) is 15.8. The smallest absolute Gasteiger partial charge is 0.256 e. The molecule has 128 valence electrons. The number of anilines is 1. The Balaban J connectivity index is 1.92. The Kier molecular flexibility index (Phi) is 4.86. The third-order valence-electron chi connectivity index (χ3n) is 4.47. The Labute approximate surface area is 150 Å². The number of carbonyl (C=O) groups excluding carboxylic acids is 2. The summed E-state index contributed by atoms with van der Waals surface area (Å²) in [6.07, 6.45) is 2.86. The SMILES string of the molecule is CNC(=O)c1c(NC(=O)c2ccc(C#N)cc2)sc2c1CC[C@@H](C)C2. The minimum atomic E-state index is -0.277. The molecule has 2 amide bonds. The predicted molar refractivity (Wildman–Crippen MR) is 98.0 cm³/mol. The van der Waals surface area contributed by atoms with E-state index < -0.39 is 0 Å². The number of fused-ring (bicyclic) bond motifs is 1. The second kappa shape index (κ2) is 7.08. The number of hydrogen-bond donors (Lipinski definition) is 2. The molecule has 2 aromatic rings. The van der Waals surface area contributed by atoms with Crippen molar-refractivity contribution in [2.24, 2.45) is 5.92 Å². The maximum Gasteiger partial charge on any atom is 0.256 e. The van der Waals surface area contributed by atoms with Crippen LogP contribution in [-0.4, -0.2) is 18.9 Å². The van der Waals surface area contributed by atoms with Gasteiger partial charge in [0.15, 0.2) is 0 Å². The van der Waals surface area contributed by atoms with Gasteiger partial charge in [-0.3, -0.25) is 9.59 Å². The second-order valence-corrected chi connectivity index (χ2v) is 7.38. The number of thiophene rings is 1. The third kappa shape index (κ3) is 3.42. The van der Waals surface area contributed by atoms with Gasteiger partial charge in [-0.05, 0) is 55.0 Å². The van der Waals surface area contributed by atoms with Crippen molar-refractivity contribution in [1.82, 2.24) is 5.32 Å². The van der Waals surface area contributed by atoms with E-state index in [0.717, 1.165) is 24.8 Å². The largest absolute Gasteiger partial charge is 0.355 e. The number of hydrogen-bond acceptors (Lipinski definition) is 4. The molecule has 1 aromatic heterocycles. The molecule has 1 aliphatic rings. The molecule has 0 spiro atoms. The highest BCUT2D eigenvalue weighted by atomic mass is 32.1. The zero-order valence-electron chi connectivity index (χ0n) is 14.2. The lowest BCUT2D eigenvalue weighted by molar-refractivity contribution is 0.0963. The highest BCUT2D eigenvalue weighted by molar-refractivity contribution is 7.17. The van der Waals surface area contributed by atoms with E-state index in [2.05, 4.69) is 17.6 Å². The summed E-state index contributed by atoms with van der Waals surface area (Å²) in [4.78, 5) is 26.1. The van der Waals surface area contributed by atoms with E-state index in [-0.39, 0.29) is 11.8 Å². The topological polar surface area (TPSA) is 82.0 Å². The number of carbonyl (C=O) groups is 2. The molecule has 1 atom stereocenters. The summed E-state index contributed by atoms with van der Waals surface area (Å²) >= 11 is 1.49. The van der Waals surface area contributed by atoms with Gasteiger partial charge < -0.3 is 10.6 Å². The first kappa shape index (κ1) is 17.2. The Morgan fingerprint density at radius 2 is 1.96 bits per heavy atom. The molecule has 0 fully saturated rings. The van der Waals surface area contributed by atoms with Gasteiger partial charge >= 0.3 is 0 Å². The number of benzene rings is 1. The van der Waals surface area contributed by atoms with Crippen LogP contribution in [0.25, 0.3) is 0 Å². The Hall–Kier alpha value is -2.65. The fraction of sp³-hybridized carbons (Fsp3) is 0.316. The molecule has 0 aliphatic heterocycles. The van der Waals surface area contributed by atoms with Crippen molar-refractivity contribution >= 4 is 28.2 Å². The predicted octanol–water partition coefficient (Wildman–Crippen LogP) is 3.36. The molecule has 0 saturated carbocycles. The summed E-state index contributed by atoms with van der Waals surface area (Å²) in [5.41, 5.74) is 2.62. The van der Waals surface area contributed by atoms with E-state index >= 15 is 0 Å². The minimum Gasteiger partial charge on any atom is -0.355 e. The molecule has 2 N–H and O–H groups in total. The monoisotopic (exact) mass is 353 g/mol. The van der Waals surface area contributed by atoms with E-state index in [4.69, 9.17) is 5.26 Å². The lowest BCUT2D eigenvalue weighted by Crippen LogP contribution is -2.22. The zero-order chi connectivity index (χ0) is 18.0. The van der Waals surface area contributed by atoms with Gasteiger partial charge in [0, 0.05) is 17.5 Å². The van der Waals surface area contributed by atoms with Crippen molar-refractivity contribution in [3.05, 3.63) is 51.4 Å². The molecule has 0 unspecified atom stereocenters. The van der Waals surface area contributed by atoms with E-state index in [9.17, 15) is 9.59 Å². The van der Waals surface area contributed by atoms with Crippen LogP contribution < -0.4 is 10.6 Å². The summed E-state index contributed by atoms with van der Waals surface area (Å²) in [6, 6.07) is 8.47. The standard InChI is InChI=1S/C19H19N3O2S/c1-11-3-8-14-15(9-11)25-19(16(14)18(24)21-2)22-17(23)13-6-4-12(10-20)5-7-13/h4-7,11H,3,8-9H2,1-2H3,(H,21,24)(H,22,23)/t11-/m1/s1. The Morgan fingerprint density at radius 1 is 1.24 bits per heavy atom. The summed E-state index contributed by atoms with van der Waals surface area (Å²) in [7, 11) is 1.60. The molecule has 5 nitrogen and oxygen atoms in total. The molecule has 6 heteroatoms. The maximum atomic E-state index is 12.5. The first-order valence-corrected chi connectivity index (χ1v) is 9.03. The Morgan fingerprint density at radius 3 is 2.60 bits per heavy atom. The quantitative estimate of drug-likeness (QED) is 0.888. The molecule has 0 saturated heterocycles. The molecular weight excluding hydrogens is 334 g/mol. The summed E-state index contributed by atoms with van der Waals surface area (Å²) in [5, 5.41) is 15.0. The van der Waals surface area contributed by atoms with Crippen molar-refractivity contribution in [2.45, 2.75) is 26.2 Å². The van der Waals surface area contributed by atoms with Crippen LogP contribution in [0.15, 0.2) is 24.3 Å². The van der Waals surface area contributed by atoms with Gasteiger partial charge in [0.2, 0.25) is 0 Å². The first-order valence-electron chi connectivity index (χ1n) is 8.21. The third-order valence-corrected chi connectivity index (χ3v) is 5.64. The molecule has 1 aliphatic carbocycles. The highest BCUT2D eigenvalue weighted by Crippen LogP contribution is 2.39.